The highest BCUT2D eigenvalue weighted by atomic mass is 16.3. The van der Waals surface area contributed by atoms with Crippen LogP contribution in [0.1, 0.15) is 50.7 Å². The van der Waals surface area contributed by atoms with Crippen molar-refractivity contribution in [2.45, 2.75) is 88.6 Å². The number of rotatable bonds is 24. The molecule has 0 aliphatic heterocycles. The van der Waals surface area contributed by atoms with Crippen molar-refractivity contribution < 1.29 is 38.7 Å². The minimum Gasteiger partial charge on any atom is -0.394 e. The molecule has 19 nitrogen and oxygen atoms in total. The number of hydrogen-bond acceptors (Lipinski definition) is 10. The van der Waals surface area contributed by atoms with E-state index in [1.54, 1.807) is 60.7 Å². The van der Waals surface area contributed by atoms with Gasteiger partial charge in [0, 0.05) is 19.4 Å². The molecule has 0 unspecified atom stereocenters. The molecule has 0 fully saturated rings. The summed E-state index contributed by atoms with van der Waals surface area (Å²) in [6, 6.07) is 9.81. The number of benzene rings is 2. The molecule has 0 heterocycles. The Morgan fingerprint density at radius 3 is 1.50 bits per heavy atom. The van der Waals surface area contributed by atoms with Crippen LogP contribution in [0.4, 0.5) is 0 Å². The van der Waals surface area contributed by atoms with E-state index in [4.69, 9.17) is 28.7 Å². The molecule has 16 N–H and O–H groups in total. The highest BCUT2D eigenvalue weighted by Gasteiger charge is 2.33. The second kappa shape index (κ2) is 23.6. The van der Waals surface area contributed by atoms with Gasteiger partial charge in [0.05, 0.1) is 13.0 Å². The first-order valence-electron chi connectivity index (χ1n) is 18.1. The molecule has 6 atom stereocenters. The Morgan fingerprint density at radius 1 is 0.625 bits per heavy atom. The Hall–Kier alpha value is -6.08. The number of primary amides is 2. The van der Waals surface area contributed by atoms with Crippen LogP contribution >= 0.6 is 0 Å². The molecule has 306 valence electrons. The van der Waals surface area contributed by atoms with Gasteiger partial charge in [-0.2, -0.15) is 0 Å². The average Bonchev–Trinajstić information content (AvgIpc) is 3.14. The number of guanidine groups is 1. The van der Waals surface area contributed by atoms with Crippen LogP contribution in [0.15, 0.2) is 65.7 Å². The molecule has 0 saturated heterocycles. The Balaban J connectivity index is 2.42. The van der Waals surface area contributed by atoms with Crippen LogP contribution in [0.25, 0.3) is 0 Å². The van der Waals surface area contributed by atoms with Crippen LogP contribution in [0, 0.1) is 5.92 Å². The van der Waals surface area contributed by atoms with Gasteiger partial charge in [0.25, 0.3) is 0 Å². The maximum absolute atomic E-state index is 14.1. The van der Waals surface area contributed by atoms with Crippen molar-refractivity contribution in [3.05, 3.63) is 71.8 Å². The first-order chi connectivity index (χ1) is 26.5. The van der Waals surface area contributed by atoms with E-state index in [9.17, 15) is 38.7 Å². The van der Waals surface area contributed by atoms with Crippen molar-refractivity contribution >= 4 is 47.3 Å². The fourth-order valence-corrected chi connectivity index (χ4v) is 5.47. The van der Waals surface area contributed by atoms with E-state index >= 15 is 0 Å². The summed E-state index contributed by atoms with van der Waals surface area (Å²) in [6.45, 7) is 3.05. The molecule has 0 aliphatic rings. The quantitative estimate of drug-likeness (QED) is 0.0284. The lowest BCUT2D eigenvalue weighted by Crippen LogP contribution is -2.60. The molecular weight excluding hydrogens is 726 g/mol. The standard InChI is InChI=1S/C37H55N11O8/c1-21(2)16-27(34(54)44-25(14-9-15-43-37(41)42)33(53)45-26(31(40)51)19-30(39)50)47-36(56)29(18-23-12-7-4-8-13-23)48-35(55)28(46-32(52)24(38)20-49)17-22-10-5-3-6-11-22/h3-8,10-13,21,24-29,49H,9,14-20,38H2,1-2H3,(H2,39,50)(H2,40,51)(H,44,54)(H,45,53)(H,46,52)(H,47,56)(H,48,55)(H4,41,42,43)/t24-,25-,26-,27-,28-,29-/m0/s1. The smallest absolute Gasteiger partial charge is 0.243 e. The lowest BCUT2D eigenvalue weighted by atomic mass is 9.99. The first kappa shape index (κ1) is 46.1. The van der Waals surface area contributed by atoms with Crippen LogP contribution in [-0.4, -0.2) is 102 Å². The van der Waals surface area contributed by atoms with Gasteiger partial charge in [0.2, 0.25) is 41.4 Å². The Morgan fingerprint density at radius 2 is 1.05 bits per heavy atom. The molecule has 0 bridgehead atoms. The van der Waals surface area contributed by atoms with Gasteiger partial charge in [0.1, 0.15) is 36.3 Å². The number of nitrogens with zero attached hydrogens (tertiary/aromatic N) is 1. The van der Waals surface area contributed by atoms with Crippen LogP contribution in [0.2, 0.25) is 0 Å². The van der Waals surface area contributed by atoms with Crippen molar-refractivity contribution in [3.8, 4) is 0 Å². The van der Waals surface area contributed by atoms with E-state index in [0.717, 1.165) is 0 Å². The van der Waals surface area contributed by atoms with E-state index in [-0.39, 0.29) is 50.5 Å². The van der Waals surface area contributed by atoms with Gasteiger partial charge >= 0.3 is 0 Å². The van der Waals surface area contributed by atoms with Crippen LogP contribution in [0.5, 0.6) is 0 Å². The topological polar surface area (TPSA) is 342 Å². The summed E-state index contributed by atoms with van der Waals surface area (Å²) in [4.78, 5) is 95.3. The fraction of sp³-hybridized carbons (Fsp3) is 0.459. The normalized spacial score (nSPS) is 14.1. The van der Waals surface area contributed by atoms with Crippen molar-refractivity contribution in [2.24, 2.45) is 39.6 Å². The first-order valence-corrected chi connectivity index (χ1v) is 18.1. The van der Waals surface area contributed by atoms with Gasteiger partial charge in [0.15, 0.2) is 5.96 Å². The largest absolute Gasteiger partial charge is 0.394 e. The third-order valence-electron chi connectivity index (χ3n) is 8.35. The Kier molecular flexibility index (Phi) is 19.5. The molecule has 2 rings (SSSR count). The van der Waals surface area contributed by atoms with E-state index in [1.807, 2.05) is 13.8 Å². The lowest BCUT2D eigenvalue weighted by molar-refractivity contribution is -0.135. The highest BCUT2D eigenvalue weighted by Crippen LogP contribution is 2.11. The second-order valence-electron chi connectivity index (χ2n) is 13.6. The number of nitrogens with two attached hydrogens (primary N) is 5. The van der Waals surface area contributed by atoms with Crippen LogP contribution in [0.3, 0.4) is 0 Å². The number of nitrogens with one attached hydrogen (secondary N) is 5. The third kappa shape index (κ3) is 16.9. The second-order valence-corrected chi connectivity index (χ2v) is 13.6. The van der Waals surface area contributed by atoms with Crippen molar-refractivity contribution in [1.29, 1.82) is 0 Å². The van der Waals surface area contributed by atoms with Gasteiger partial charge in [-0.3, -0.25) is 38.6 Å². The number of carbonyl (C=O) groups is 7. The molecule has 0 radical (unpaired) electrons. The predicted octanol–water partition coefficient (Wildman–Crippen LogP) is -3.32. The van der Waals surface area contributed by atoms with Crippen molar-refractivity contribution in [3.63, 3.8) is 0 Å². The number of aliphatic hydroxyl groups excluding tert-OH is 1. The van der Waals surface area contributed by atoms with Crippen LogP contribution in [-0.2, 0) is 46.4 Å². The highest BCUT2D eigenvalue weighted by molar-refractivity contribution is 5.97. The molecular formula is C37H55N11O8. The monoisotopic (exact) mass is 781 g/mol. The fourth-order valence-electron chi connectivity index (χ4n) is 5.47. The Bertz CT molecular complexity index is 1660. The number of carbonyl (C=O) groups excluding carboxylic acids is 7. The van der Waals surface area contributed by atoms with E-state index in [0.29, 0.717) is 11.1 Å². The van der Waals surface area contributed by atoms with E-state index in [2.05, 4.69) is 31.6 Å². The summed E-state index contributed by atoms with van der Waals surface area (Å²) in [7, 11) is 0. The average molecular weight is 782 g/mol. The molecule has 19 heteroatoms. The maximum Gasteiger partial charge on any atom is 0.243 e. The Labute approximate surface area is 325 Å². The summed E-state index contributed by atoms with van der Waals surface area (Å²) in [5, 5.41) is 22.4. The molecule has 0 spiro atoms. The van der Waals surface area contributed by atoms with E-state index < -0.39 is 90.6 Å². The van der Waals surface area contributed by atoms with E-state index in [1.165, 1.54) is 0 Å². The van der Waals surface area contributed by atoms with Gasteiger partial charge in [-0.25, -0.2) is 0 Å². The minimum atomic E-state index is -1.46. The number of hydrogen-bond donors (Lipinski definition) is 11. The van der Waals surface area contributed by atoms with Crippen molar-refractivity contribution in [2.75, 3.05) is 13.2 Å². The summed E-state index contributed by atoms with van der Waals surface area (Å²) in [6.07, 6.45) is -0.300. The summed E-state index contributed by atoms with van der Waals surface area (Å²) in [5.41, 5.74) is 28.5. The molecule has 2 aromatic rings. The maximum atomic E-state index is 14.1. The van der Waals surface area contributed by atoms with Crippen LogP contribution < -0.4 is 55.3 Å². The van der Waals surface area contributed by atoms with Gasteiger partial charge in [-0.05, 0) is 36.3 Å². The molecule has 2 aromatic carbocycles. The molecule has 7 amide bonds. The van der Waals surface area contributed by atoms with Gasteiger partial charge < -0.3 is 60.4 Å². The lowest BCUT2D eigenvalue weighted by Gasteiger charge is -2.28. The predicted molar refractivity (Wildman–Crippen MR) is 207 cm³/mol. The summed E-state index contributed by atoms with van der Waals surface area (Å²) >= 11 is 0. The zero-order chi connectivity index (χ0) is 41.8. The zero-order valence-corrected chi connectivity index (χ0v) is 31.6. The molecule has 0 aliphatic carbocycles. The van der Waals surface area contributed by atoms with Gasteiger partial charge in [-0.1, -0.05) is 74.5 Å². The number of aliphatic hydroxyl groups is 1. The third-order valence-corrected chi connectivity index (χ3v) is 8.35. The number of aliphatic imine (C=N–C) groups is 1. The molecule has 56 heavy (non-hydrogen) atoms. The van der Waals surface area contributed by atoms with Gasteiger partial charge in [-0.15, -0.1) is 0 Å². The summed E-state index contributed by atoms with van der Waals surface area (Å²) in [5.74, 6) is -6.16. The summed E-state index contributed by atoms with van der Waals surface area (Å²) < 4.78 is 0. The number of amides is 7. The SMILES string of the molecule is CC(C)C[C@H](NC(=O)[C@H](Cc1ccccc1)NC(=O)[C@H](Cc1ccccc1)NC(=O)[C@@H](N)CO)C(=O)N[C@@H](CCCN=C(N)N)C(=O)N[C@@H](CC(N)=O)C(N)=O. The zero-order valence-electron chi connectivity index (χ0n) is 31.6. The molecule has 0 aromatic heterocycles. The molecule has 0 saturated carbocycles. The minimum absolute atomic E-state index is 0.0131. The van der Waals surface area contributed by atoms with Crippen molar-refractivity contribution in [1.82, 2.24) is 26.6 Å².